The summed E-state index contributed by atoms with van der Waals surface area (Å²) in [7, 11) is 0. The highest BCUT2D eigenvalue weighted by Crippen LogP contribution is 2.26. The Kier molecular flexibility index (Phi) is 4.65. The molecule has 1 amide bonds. The number of amides is 1. The van der Waals surface area contributed by atoms with Gasteiger partial charge in [-0.3, -0.25) is 4.79 Å². The summed E-state index contributed by atoms with van der Waals surface area (Å²) < 4.78 is 0. The van der Waals surface area contributed by atoms with Crippen molar-refractivity contribution in [2.75, 3.05) is 12.3 Å². The van der Waals surface area contributed by atoms with Gasteiger partial charge in [-0.15, -0.1) is 0 Å². The van der Waals surface area contributed by atoms with E-state index in [1.165, 1.54) is 12.8 Å². The van der Waals surface area contributed by atoms with Crippen LogP contribution in [-0.2, 0) is 0 Å². The second kappa shape index (κ2) is 6.27. The van der Waals surface area contributed by atoms with Crippen LogP contribution in [0, 0.1) is 6.92 Å². The van der Waals surface area contributed by atoms with E-state index < -0.39 is 5.60 Å². The van der Waals surface area contributed by atoms with Gasteiger partial charge in [-0.05, 0) is 31.9 Å². The average Bonchev–Trinajstić information content (AvgIpc) is 2.64. The molecule has 0 radical (unpaired) electrons. The van der Waals surface area contributed by atoms with E-state index in [0.717, 1.165) is 31.2 Å². The predicted octanol–water partition coefficient (Wildman–Crippen LogP) is 2.39. The van der Waals surface area contributed by atoms with Gasteiger partial charge in [0.1, 0.15) is 0 Å². The van der Waals surface area contributed by atoms with Gasteiger partial charge in [-0.25, -0.2) is 0 Å². The van der Waals surface area contributed by atoms with Gasteiger partial charge in [0.15, 0.2) is 0 Å². The van der Waals surface area contributed by atoms with Crippen LogP contribution in [0.15, 0.2) is 18.2 Å². The fourth-order valence-corrected chi connectivity index (χ4v) is 2.77. The third-order valence-electron chi connectivity index (χ3n) is 4.07. The first-order valence-corrected chi connectivity index (χ1v) is 7.37. The monoisotopic (exact) mass is 276 g/mol. The van der Waals surface area contributed by atoms with Gasteiger partial charge in [-0.1, -0.05) is 37.3 Å². The van der Waals surface area contributed by atoms with Crippen molar-refractivity contribution >= 4 is 11.6 Å². The summed E-state index contributed by atoms with van der Waals surface area (Å²) in [6.45, 7) is 2.23. The number of anilines is 1. The lowest BCUT2D eigenvalue weighted by atomic mass is 9.94. The van der Waals surface area contributed by atoms with Gasteiger partial charge in [-0.2, -0.15) is 0 Å². The van der Waals surface area contributed by atoms with Crippen LogP contribution in [0.3, 0.4) is 0 Å². The number of nitrogens with one attached hydrogen (secondary N) is 1. The minimum atomic E-state index is -0.759. The molecule has 0 heterocycles. The molecule has 1 aromatic rings. The van der Waals surface area contributed by atoms with Crippen LogP contribution in [0.1, 0.15) is 54.4 Å². The first-order chi connectivity index (χ1) is 9.50. The molecule has 4 nitrogen and oxygen atoms in total. The van der Waals surface area contributed by atoms with Crippen LogP contribution in [0.2, 0.25) is 0 Å². The minimum absolute atomic E-state index is 0.205. The first-order valence-electron chi connectivity index (χ1n) is 7.37. The summed E-state index contributed by atoms with van der Waals surface area (Å²) in [6, 6.07) is 5.40. The molecule has 4 N–H and O–H groups in total. The van der Waals surface area contributed by atoms with E-state index in [0.29, 0.717) is 17.8 Å². The molecular formula is C16H24N2O2. The topological polar surface area (TPSA) is 75.4 Å². The zero-order chi connectivity index (χ0) is 14.6. The van der Waals surface area contributed by atoms with Gasteiger partial charge < -0.3 is 16.2 Å². The van der Waals surface area contributed by atoms with Gasteiger partial charge in [0.05, 0.1) is 11.2 Å². The molecule has 1 saturated carbocycles. The maximum absolute atomic E-state index is 12.2. The largest absolute Gasteiger partial charge is 0.398 e. The number of aliphatic hydroxyl groups is 1. The number of benzene rings is 1. The Morgan fingerprint density at radius 3 is 2.60 bits per heavy atom. The van der Waals surface area contributed by atoms with Crippen molar-refractivity contribution in [3.63, 3.8) is 0 Å². The maximum Gasteiger partial charge on any atom is 0.253 e. The third kappa shape index (κ3) is 3.73. The molecule has 20 heavy (non-hydrogen) atoms. The number of aryl methyl sites for hydroxylation is 1. The van der Waals surface area contributed by atoms with Crippen LogP contribution < -0.4 is 11.1 Å². The molecule has 0 saturated heterocycles. The molecule has 0 atom stereocenters. The molecule has 4 heteroatoms. The molecular weight excluding hydrogens is 252 g/mol. The number of rotatable bonds is 3. The highest BCUT2D eigenvalue weighted by molar-refractivity contribution is 5.99. The lowest BCUT2D eigenvalue weighted by molar-refractivity contribution is 0.0246. The van der Waals surface area contributed by atoms with Crippen molar-refractivity contribution in [3.8, 4) is 0 Å². The number of hydrogen-bond donors (Lipinski definition) is 3. The summed E-state index contributed by atoms with van der Waals surface area (Å²) >= 11 is 0. The Hall–Kier alpha value is -1.55. The Labute approximate surface area is 120 Å². The van der Waals surface area contributed by atoms with Gasteiger partial charge in [0.2, 0.25) is 0 Å². The van der Waals surface area contributed by atoms with Crippen molar-refractivity contribution < 1.29 is 9.90 Å². The molecule has 1 aliphatic rings. The summed E-state index contributed by atoms with van der Waals surface area (Å²) in [5.41, 5.74) is 7.03. The number of hydrogen-bond acceptors (Lipinski definition) is 3. The second-order valence-electron chi connectivity index (χ2n) is 5.91. The van der Waals surface area contributed by atoms with E-state index in [2.05, 4.69) is 5.32 Å². The molecule has 0 unspecified atom stereocenters. The fraction of sp³-hybridized carbons (Fsp3) is 0.562. The smallest absolute Gasteiger partial charge is 0.253 e. The zero-order valence-electron chi connectivity index (χ0n) is 12.1. The Morgan fingerprint density at radius 1 is 1.30 bits per heavy atom. The van der Waals surface area contributed by atoms with Crippen molar-refractivity contribution in [2.45, 2.75) is 51.0 Å². The molecule has 110 valence electrons. The van der Waals surface area contributed by atoms with Crippen molar-refractivity contribution in [1.29, 1.82) is 0 Å². The van der Waals surface area contributed by atoms with Crippen molar-refractivity contribution in [3.05, 3.63) is 29.3 Å². The van der Waals surface area contributed by atoms with Gasteiger partial charge in [0, 0.05) is 12.2 Å². The number of nitrogens with two attached hydrogens (primary N) is 1. The summed E-state index contributed by atoms with van der Waals surface area (Å²) in [4.78, 5) is 12.2. The normalized spacial score (nSPS) is 18.3. The minimum Gasteiger partial charge on any atom is -0.398 e. The second-order valence-corrected chi connectivity index (χ2v) is 5.91. The lowest BCUT2D eigenvalue weighted by Crippen LogP contribution is -2.42. The van der Waals surface area contributed by atoms with E-state index in [-0.39, 0.29) is 5.91 Å². The molecule has 1 aliphatic carbocycles. The van der Waals surface area contributed by atoms with E-state index >= 15 is 0 Å². The first kappa shape index (κ1) is 14.9. The van der Waals surface area contributed by atoms with Crippen molar-refractivity contribution in [2.24, 2.45) is 0 Å². The SMILES string of the molecule is Cc1ccc(N)c(C(=O)NCC2(O)CCCCCC2)c1. The highest BCUT2D eigenvalue weighted by Gasteiger charge is 2.28. The van der Waals surface area contributed by atoms with Crippen LogP contribution >= 0.6 is 0 Å². The van der Waals surface area contributed by atoms with Crippen LogP contribution in [0.4, 0.5) is 5.69 Å². The Bertz CT molecular complexity index is 477. The molecule has 1 fully saturated rings. The molecule has 0 aliphatic heterocycles. The summed E-state index contributed by atoms with van der Waals surface area (Å²) in [6.07, 6.45) is 5.91. The quantitative estimate of drug-likeness (QED) is 0.586. The summed E-state index contributed by atoms with van der Waals surface area (Å²) in [5, 5.41) is 13.4. The Morgan fingerprint density at radius 2 is 1.95 bits per heavy atom. The summed E-state index contributed by atoms with van der Waals surface area (Å²) in [5.74, 6) is -0.205. The molecule has 0 spiro atoms. The third-order valence-corrected chi connectivity index (χ3v) is 4.07. The average molecular weight is 276 g/mol. The molecule has 0 bridgehead atoms. The van der Waals surface area contributed by atoms with E-state index in [4.69, 9.17) is 5.73 Å². The van der Waals surface area contributed by atoms with E-state index in [1.807, 2.05) is 13.0 Å². The Balaban J connectivity index is 1.99. The van der Waals surface area contributed by atoms with Crippen molar-refractivity contribution in [1.82, 2.24) is 5.32 Å². The van der Waals surface area contributed by atoms with Gasteiger partial charge in [0.25, 0.3) is 5.91 Å². The van der Waals surface area contributed by atoms with E-state index in [1.54, 1.807) is 12.1 Å². The number of carbonyl (C=O) groups is 1. The molecule has 0 aromatic heterocycles. The lowest BCUT2D eigenvalue weighted by Gasteiger charge is -2.27. The standard InChI is InChI=1S/C16H24N2O2/c1-12-6-7-14(17)13(10-12)15(19)18-11-16(20)8-4-2-3-5-9-16/h6-7,10,20H,2-5,8-9,11,17H2,1H3,(H,18,19). The molecule has 1 aromatic carbocycles. The van der Waals surface area contributed by atoms with Crippen LogP contribution in [-0.4, -0.2) is 23.2 Å². The molecule has 2 rings (SSSR count). The van der Waals surface area contributed by atoms with Crippen LogP contribution in [0.25, 0.3) is 0 Å². The maximum atomic E-state index is 12.2. The van der Waals surface area contributed by atoms with Gasteiger partial charge >= 0.3 is 0 Å². The highest BCUT2D eigenvalue weighted by atomic mass is 16.3. The fourth-order valence-electron chi connectivity index (χ4n) is 2.77. The van der Waals surface area contributed by atoms with E-state index in [9.17, 15) is 9.90 Å². The van der Waals surface area contributed by atoms with Crippen LogP contribution in [0.5, 0.6) is 0 Å². The number of nitrogen functional groups attached to an aromatic ring is 1. The predicted molar refractivity (Wildman–Crippen MR) is 80.6 cm³/mol. The number of carbonyl (C=O) groups excluding carboxylic acids is 1. The zero-order valence-corrected chi connectivity index (χ0v) is 12.1.